The molecule has 1 heterocycles. The Morgan fingerprint density at radius 3 is 2.63 bits per heavy atom. The molecule has 3 rings (SSSR count). The van der Waals surface area contributed by atoms with Crippen LogP contribution in [0.3, 0.4) is 0 Å². The number of alkyl halides is 3. The van der Waals surface area contributed by atoms with E-state index in [-0.39, 0.29) is 10.8 Å². The van der Waals surface area contributed by atoms with Crippen LogP contribution < -0.4 is 5.32 Å². The Morgan fingerprint density at radius 1 is 1.19 bits per heavy atom. The molecule has 1 aromatic heterocycles. The summed E-state index contributed by atoms with van der Waals surface area (Å²) in [6, 6.07) is 8.58. The Labute approximate surface area is 154 Å². The summed E-state index contributed by atoms with van der Waals surface area (Å²) in [6.07, 6.45) is -4.69. The Kier molecular flexibility index (Phi) is 5.08. The molecule has 0 unspecified atom stereocenters. The number of carbonyl (C=O) groups is 1. The Balaban J connectivity index is 1.76. The van der Waals surface area contributed by atoms with Gasteiger partial charge in [0.25, 0.3) is 0 Å². The number of nitrogens with one attached hydrogen (secondary N) is 1. The normalized spacial score (nSPS) is 11.4. The van der Waals surface area contributed by atoms with Crippen molar-refractivity contribution in [3.05, 3.63) is 58.9 Å². The summed E-state index contributed by atoms with van der Waals surface area (Å²) in [4.78, 5) is 13.0. The van der Waals surface area contributed by atoms with Crippen molar-refractivity contribution in [1.29, 1.82) is 0 Å². The van der Waals surface area contributed by atoms with Gasteiger partial charge in [0.2, 0.25) is 11.7 Å². The van der Waals surface area contributed by atoms with Crippen LogP contribution in [0.4, 0.5) is 23.2 Å². The van der Waals surface area contributed by atoms with Crippen LogP contribution in [-0.4, -0.2) is 26.1 Å². The summed E-state index contributed by atoms with van der Waals surface area (Å²) in [6.45, 7) is -0.509. The van der Waals surface area contributed by atoms with Gasteiger partial charge in [-0.1, -0.05) is 29.8 Å². The summed E-state index contributed by atoms with van der Waals surface area (Å²) in [5, 5.41) is 13.1. The Bertz CT molecular complexity index is 989. The maximum absolute atomic E-state index is 13.2. The van der Waals surface area contributed by atoms with E-state index in [1.165, 1.54) is 24.3 Å². The third kappa shape index (κ3) is 4.40. The molecular formula is C16H10ClF4N5O. The maximum atomic E-state index is 13.2. The highest BCUT2D eigenvalue weighted by Crippen LogP contribution is 2.38. The van der Waals surface area contributed by atoms with Gasteiger partial charge in [-0.3, -0.25) is 4.79 Å². The smallest absolute Gasteiger partial charge is 0.323 e. The molecule has 3 aromatic rings. The SMILES string of the molecule is O=C(Cn1nnc(-c2cccc(F)c2)n1)Nc1c(Cl)cccc1C(F)(F)F. The lowest BCUT2D eigenvalue weighted by Crippen LogP contribution is -2.22. The van der Waals surface area contributed by atoms with E-state index in [0.29, 0.717) is 5.56 Å². The van der Waals surface area contributed by atoms with Crippen LogP contribution in [0.2, 0.25) is 5.02 Å². The van der Waals surface area contributed by atoms with E-state index < -0.39 is 35.7 Å². The van der Waals surface area contributed by atoms with Gasteiger partial charge in [0, 0.05) is 5.56 Å². The van der Waals surface area contributed by atoms with E-state index in [1.54, 1.807) is 6.07 Å². The second kappa shape index (κ2) is 7.31. The number of rotatable bonds is 4. The average molecular weight is 400 g/mol. The molecule has 1 amide bonds. The molecule has 2 aromatic carbocycles. The zero-order chi connectivity index (χ0) is 19.6. The largest absolute Gasteiger partial charge is 0.418 e. The summed E-state index contributed by atoms with van der Waals surface area (Å²) in [5.74, 6) is -1.27. The summed E-state index contributed by atoms with van der Waals surface area (Å²) < 4.78 is 52.4. The number of benzene rings is 2. The number of amides is 1. The van der Waals surface area contributed by atoms with Gasteiger partial charge in [0.15, 0.2) is 0 Å². The number of anilines is 1. The molecule has 0 saturated carbocycles. The highest BCUT2D eigenvalue weighted by atomic mass is 35.5. The van der Waals surface area contributed by atoms with Crippen LogP contribution >= 0.6 is 11.6 Å². The molecule has 0 fully saturated rings. The van der Waals surface area contributed by atoms with E-state index >= 15 is 0 Å². The fraction of sp³-hybridized carbons (Fsp3) is 0.125. The zero-order valence-electron chi connectivity index (χ0n) is 13.3. The molecule has 0 bridgehead atoms. The minimum absolute atomic E-state index is 0.0658. The molecule has 27 heavy (non-hydrogen) atoms. The molecule has 11 heteroatoms. The van der Waals surface area contributed by atoms with E-state index in [2.05, 4.69) is 20.7 Å². The van der Waals surface area contributed by atoms with Gasteiger partial charge in [-0.05, 0) is 29.5 Å². The highest BCUT2D eigenvalue weighted by Gasteiger charge is 2.34. The second-order valence-electron chi connectivity index (χ2n) is 5.36. The number of para-hydroxylation sites is 1. The summed E-state index contributed by atoms with van der Waals surface area (Å²) in [5.41, 5.74) is -1.29. The molecule has 1 N–H and O–H groups in total. The maximum Gasteiger partial charge on any atom is 0.418 e. The molecule has 6 nitrogen and oxygen atoms in total. The highest BCUT2D eigenvalue weighted by molar-refractivity contribution is 6.34. The number of nitrogens with zero attached hydrogens (tertiary/aromatic N) is 4. The monoisotopic (exact) mass is 399 g/mol. The van der Waals surface area contributed by atoms with Gasteiger partial charge in [-0.2, -0.15) is 18.0 Å². The van der Waals surface area contributed by atoms with Crippen molar-refractivity contribution in [3.8, 4) is 11.4 Å². The van der Waals surface area contributed by atoms with Crippen LogP contribution in [0.5, 0.6) is 0 Å². The quantitative estimate of drug-likeness (QED) is 0.677. The number of aromatic nitrogens is 4. The van der Waals surface area contributed by atoms with Crippen LogP contribution in [0.1, 0.15) is 5.56 Å². The number of carbonyl (C=O) groups excluding carboxylic acids is 1. The van der Waals surface area contributed by atoms with E-state index in [0.717, 1.165) is 16.9 Å². The van der Waals surface area contributed by atoms with Gasteiger partial charge in [0.05, 0.1) is 16.3 Å². The molecule has 0 aliphatic carbocycles. The van der Waals surface area contributed by atoms with Gasteiger partial charge >= 0.3 is 6.18 Å². The van der Waals surface area contributed by atoms with E-state index in [4.69, 9.17) is 11.6 Å². The lowest BCUT2D eigenvalue weighted by atomic mass is 10.1. The van der Waals surface area contributed by atoms with Crippen molar-refractivity contribution in [2.45, 2.75) is 12.7 Å². The Hall–Kier alpha value is -3.01. The first-order chi connectivity index (χ1) is 12.7. The molecule has 140 valence electrons. The van der Waals surface area contributed by atoms with Crippen molar-refractivity contribution in [3.63, 3.8) is 0 Å². The number of tetrazole rings is 1. The number of hydrogen-bond donors (Lipinski definition) is 1. The van der Waals surface area contributed by atoms with Gasteiger partial charge in [0.1, 0.15) is 12.4 Å². The van der Waals surface area contributed by atoms with Crippen molar-refractivity contribution >= 4 is 23.2 Å². The molecule has 0 atom stereocenters. The first-order valence-corrected chi connectivity index (χ1v) is 7.81. The summed E-state index contributed by atoms with van der Waals surface area (Å²) >= 11 is 5.78. The minimum atomic E-state index is -4.69. The minimum Gasteiger partial charge on any atom is -0.323 e. The zero-order valence-corrected chi connectivity index (χ0v) is 14.1. The number of halogens is 5. The van der Waals surface area contributed by atoms with E-state index in [1.807, 2.05) is 0 Å². The molecular weight excluding hydrogens is 390 g/mol. The fourth-order valence-electron chi connectivity index (χ4n) is 2.25. The summed E-state index contributed by atoms with van der Waals surface area (Å²) in [7, 11) is 0. The first kappa shape index (κ1) is 18.8. The predicted molar refractivity (Wildman–Crippen MR) is 88.3 cm³/mol. The van der Waals surface area contributed by atoms with Crippen molar-refractivity contribution < 1.29 is 22.4 Å². The topological polar surface area (TPSA) is 72.7 Å². The molecule has 0 aliphatic heterocycles. The molecule has 0 spiro atoms. The average Bonchev–Trinajstić information content (AvgIpc) is 3.04. The molecule has 0 saturated heterocycles. The third-order valence-electron chi connectivity index (χ3n) is 3.40. The predicted octanol–water partition coefficient (Wildman–Crippen LogP) is 3.79. The standard InChI is InChI=1S/C16H10ClF4N5O/c17-12-6-2-5-11(16(19,20)21)14(12)22-13(27)8-26-24-15(23-25-26)9-3-1-4-10(18)7-9/h1-7H,8H2,(H,22,27). The van der Waals surface area contributed by atoms with Crippen LogP contribution in [0, 0.1) is 5.82 Å². The van der Waals surface area contributed by atoms with Gasteiger partial charge < -0.3 is 5.32 Å². The van der Waals surface area contributed by atoms with Crippen LogP contribution in [-0.2, 0) is 17.5 Å². The lowest BCUT2D eigenvalue weighted by molar-refractivity contribution is -0.137. The first-order valence-electron chi connectivity index (χ1n) is 7.43. The second-order valence-corrected chi connectivity index (χ2v) is 5.77. The van der Waals surface area contributed by atoms with E-state index in [9.17, 15) is 22.4 Å². The fourth-order valence-corrected chi connectivity index (χ4v) is 2.47. The van der Waals surface area contributed by atoms with Crippen molar-refractivity contribution in [1.82, 2.24) is 20.2 Å². The van der Waals surface area contributed by atoms with Crippen LogP contribution in [0.15, 0.2) is 42.5 Å². The van der Waals surface area contributed by atoms with Crippen molar-refractivity contribution in [2.75, 3.05) is 5.32 Å². The van der Waals surface area contributed by atoms with Crippen molar-refractivity contribution in [2.24, 2.45) is 0 Å². The molecule has 0 aliphatic rings. The lowest BCUT2D eigenvalue weighted by Gasteiger charge is -2.14. The number of hydrogen-bond acceptors (Lipinski definition) is 4. The Morgan fingerprint density at radius 2 is 1.93 bits per heavy atom. The van der Waals surface area contributed by atoms with Gasteiger partial charge in [-0.25, -0.2) is 4.39 Å². The van der Waals surface area contributed by atoms with Crippen LogP contribution in [0.25, 0.3) is 11.4 Å². The van der Waals surface area contributed by atoms with Gasteiger partial charge in [-0.15, -0.1) is 10.2 Å². The molecule has 0 radical (unpaired) electrons. The third-order valence-corrected chi connectivity index (χ3v) is 3.72.